The van der Waals surface area contributed by atoms with Crippen LogP contribution in [0.4, 0.5) is 5.82 Å². The number of nitrogens with one attached hydrogen (secondary N) is 3. The molecule has 0 unspecified atom stereocenters. The Hall–Kier alpha value is -1.63. The summed E-state index contributed by atoms with van der Waals surface area (Å²) >= 11 is 3.28. The summed E-state index contributed by atoms with van der Waals surface area (Å²) in [6, 6.07) is 1.68. The van der Waals surface area contributed by atoms with Crippen LogP contribution in [0.3, 0.4) is 0 Å². The molecular formula is C13H19BrN4O2. The number of anilines is 1. The summed E-state index contributed by atoms with van der Waals surface area (Å²) < 4.78 is 0.715. The number of hydrogen-bond acceptors (Lipinski definition) is 4. The molecule has 1 aromatic rings. The molecule has 0 aliphatic heterocycles. The molecule has 0 saturated carbocycles. The number of amides is 2. The fourth-order valence-electron chi connectivity index (χ4n) is 1.63. The number of hydrogen-bond donors (Lipinski definition) is 3. The molecule has 7 heteroatoms. The van der Waals surface area contributed by atoms with Crippen LogP contribution < -0.4 is 16.0 Å². The van der Waals surface area contributed by atoms with Crippen molar-refractivity contribution in [2.24, 2.45) is 5.41 Å². The number of nitrogens with zero attached hydrogens (tertiary/aromatic N) is 1. The van der Waals surface area contributed by atoms with Crippen molar-refractivity contribution in [2.45, 2.75) is 13.8 Å². The highest BCUT2D eigenvalue weighted by Gasteiger charge is 2.27. The molecule has 3 N–H and O–H groups in total. The van der Waals surface area contributed by atoms with E-state index in [2.05, 4.69) is 36.9 Å². The average Bonchev–Trinajstić information content (AvgIpc) is 2.43. The van der Waals surface area contributed by atoms with Gasteiger partial charge in [0.25, 0.3) is 5.91 Å². The van der Waals surface area contributed by atoms with Gasteiger partial charge in [0.2, 0.25) is 5.91 Å². The molecule has 20 heavy (non-hydrogen) atoms. The van der Waals surface area contributed by atoms with Crippen molar-refractivity contribution in [3.8, 4) is 0 Å². The van der Waals surface area contributed by atoms with Crippen molar-refractivity contribution in [1.29, 1.82) is 0 Å². The third kappa shape index (κ3) is 3.93. The van der Waals surface area contributed by atoms with E-state index in [1.807, 2.05) is 0 Å². The minimum absolute atomic E-state index is 0.126. The van der Waals surface area contributed by atoms with E-state index in [1.165, 1.54) is 0 Å². The van der Waals surface area contributed by atoms with Gasteiger partial charge in [0.15, 0.2) is 0 Å². The molecule has 0 aliphatic carbocycles. The van der Waals surface area contributed by atoms with Crippen LogP contribution in [0, 0.1) is 5.41 Å². The van der Waals surface area contributed by atoms with Crippen LogP contribution in [0.15, 0.2) is 16.7 Å². The summed E-state index contributed by atoms with van der Waals surface area (Å²) in [5.74, 6) is 0.0857. The zero-order chi connectivity index (χ0) is 15.3. The van der Waals surface area contributed by atoms with Crippen LogP contribution >= 0.6 is 15.9 Å². The Labute approximate surface area is 126 Å². The molecule has 1 rings (SSSR count). The second-order valence-electron chi connectivity index (χ2n) is 4.95. The van der Waals surface area contributed by atoms with Gasteiger partial charge in [-0.25, -0.2) is 4.98 Å². The average molecular weight is 343 g/mol. The standard InChI is InChI=1S/C13H19BrN4O2/c1-13(2,12(20)16-4)7-18-11(19)9-5-8(14)6-17-10(9)15-3/h5-6H,7H2,1-4H3,(H,15,17)(H,16,20)(H,18,19). The number of halogens is 1. The van der Waals surface area contributed by atoms with E-state index in [1.54, 1.807) is 40.2 Å². The van der Waals surface area contributed by atoms with E-state index in [4.69, 9.17) is 0 Å². The number of pyridine rings is 1. The zero-order valence-electron chi connectivity index (χ0n) is 12.0. The monoisotopic (exact) mass is 342 g/mol. The first-order valence-corrected chi connectivity index (χ1v) is 6.95. The van der Waals surface area contributed by atoms with Crippen molar-refractivity contribution >= 4 is 33.6 Å². The van der Waals surface area contributed by atoms with E-state index < -0.39 is 5.41 Å². The number of carbonyl (C=O) groups is 2. The zero-order valence-corrected chi connectivity index (χ0v) is 13.6. The van der Waals surface area contributed by atoms with Gasteiger partial charge in [-0.3, -0.25) is 9.59 Å². The van der Waals surface area contributed by atoms with Gasteiger partial charge in [-0.05, 0) is 35.8 Å². The summed E-state index contributed by atoms with van der Waals surface area (Å²) in [4.78, 5) is 28.0. The van der Waals surface area contributed by atoms with Crippen molar-refractivity contribution in [3.63, 3.8) is 0 Å². The molecular weight excluding hydrogens is 324 g/mol. The highest BCUT2D eigenvalue weighted by molar-refractivity contribution is 9.10. The van der Waals surface area contributed by atoms with Crippen molar-refractivity contribution in [2.75, 3.05) is 26.0 Å². The van der Waals surface area contributed by atoms with Crippen LogP contribution in [0.1, 0.15) is 24.2 Å². The number of carbonyl (C=O) groups excluding carboxylic acids is 2. The lowest BCUT2D eigenvalue weighted by Crippen LogP contribution is -2.43. The summed E-state index contributed by atoms with van der Waals surface area (Å²) in [7, 11) is 3.27. The fraction of sp³-hybridized carbons (Fsp3) is 0.462. The second-order valence-corrected chi connectivity index (χ2v) is 5.86. The molecule has 2 amide bonds. The first kappa shape index (κ1) is 16.4. The lowest BCUT2D eigenvalue weighted by Gasteiger charge is -2.23. The van der Waals surface area contributed by atoms with Gasteiger partial charge in [0.1, 0.15) is 5.82 Å². The third-order valence-corrected chi connectivity index (χ3v) is 3.30. The van der Waals surface area contributed by atoms with E-state index in [-0.39, 0.29) is 18.4 Å². The Kier molecular flexibility index (Phi) is 5.50. The number of rotatable bonds is 5. The molecule has 0 atom stereocenters. The van der Waals surface area contributed by atoms with Crippen molar-refractivity contribution in [1.82, 2.24) is 15.6 Å². The smallest absolute Gasteiger partial charge is 0.255 e. The van der Waals surface area contributed by atoms with Gasteiger partial charge in [0, 0.05) is 31.3 Å². The molecule has 1 aromatic heterocycles. The first-order valence-electron chi connectivity index (χ1n) is 6.15. The Balaban J connectivity index is 2.82. The van der Waals surface area contributed by atoms with Crippen LogP contribution in [-0.4, -0.2) is 37.4 Å². The molecule has 0 aromatic carbocycles. The summed E-state index contributed by atoms with van der Waals surface area (Å²) in [6.07, 6.45) is 1.61. The van der Waals surface area contributed by atoms with Gasteiger partial charge in [-0.15, -0.1) is 0 Å². The summed E-state index contributed by atoms with van der Waals surface area (Å²) in [5, 5.41) is 8.20. The molecule has 110 valence electrons. The molecule has 6 nitrogen and oxygen atoms in total. The molecule has 1 heterocycles. The van der Waals surface area contributed by atoms with Crippen LogP contribution in [-0.2, 0) is 4.79 Å². The molecule has 0 saturated heterocycles. The third-order valence-electron chi connectivity index (χ3n) is 2.87. The largest absolute Gasteiger partial charge is 0.372 e. The minimum atomic E-state index is -0.677. The first-order chi connectivity index (χ1) is 9.31. The van der Waals surface area contributed by atoms with Gasteiger partial charge in [-0.1, -0.05) is 0 Å². The normalized spacial score (nSPS) is 10.8. The lowest BCUT2D eigenvalue weighted by atomic mass is 9.92. The highest BCUT2D eigenvalue weighted by Crippen LogP contribution is 2.18. The Morgan fingerprint density at radius 3 is 2.55 bits per heavy atom. The van der Waals surface area contributed by atoms with Crippen LogP contribution in [0.2, 0.25) is 0 Å². The molecule has 0 radical (unpaired) electrons. The molecule has 0 spiro atoms. The molecule has 0 aliphatic rings. The second kappa shape index (κ2) is 6.69. The predicted molar refractivity (Wildman–Crippen MR) is 81.7 cm³/mol. The maximum atomic E-state index is 12.2. The summed E-state index contributed by atoms with van der Waals surface area (Å²) in [5.41, 5.74) is -0.251. The van der Waals surface area contributed by atoms with Gasteiger partial charge in [0.05, 0.1) is 11.0 Å². The summed E-state index contributed by atoms with van der Waals surface area (Å²) in [6.45, 7) is 3.77. The van der Waals surface area contributed by atoms with Crippen LogP contribution in [0.25, 0.3) is 0 Å². The van der Waals surface area contributed by atoms with Crippen molar-refractivity contribution in [3.05, 3.63) is 22.3 Å². The number of aromatic nitrogens is 1. The van der Waals surface area contributed by atoms with E-state index in [0.29, 0.717) is 15.9 Å². The highest BCUT2D eigenvalue weighted by atomic mass is 79.9. The quantitative estimate of drug-likeness (QED) is 0.755. The molecule has 0 bridgehead atoms. The SMILES string of the molecule is CNC(=O)C(C)(C)CNC(=O)c1cc(Br)cnc1NC. The lowest BCUT2D eigenvalue weighted by molar-refractivity contribution is -0.128. The fourth-order valence-corrected chi connectivity index (χ4v) is 1.96. The Morgan fingerprint density at radius 1 is 1.35 bits per heavy atom. The van der Waals surface area contributed by atoms with Gasteiger partial charge < -0.3 is 16.0 Å². The Bertz CT molecular complexity index is 517. The Morgan fingerprint density at radius 2 is 2.00 bits per heavy atom. The molecule has 0 fully saturated rings. The maximum Gasteiger partial charge on any atom is 0.255 e. The van der Waals surface area contributed by atoms with E-state index in [9.17, 15) is 9.59 Å². The minimum Gasteiger partial charge on any atom is -0.372 e. The van der Waals surface area contributed by atoms with Crippen molar-refractivity contribution < 1.29 is 9.59 Å². The van der Waals surface area contributed by atoms with E-state index in [0.717, 1.165) is 0 Å². The van der Waals surface area contributed by atoms with Crippen LogP contribution in [0.5, 0.6) is 0 Å². The topological polar surface area (TPSA) is 83.1 Å². The van der Waals surface area contributed by atoms with Gasteiger partial charge >= 0.3 is 0 Å². The maximum absolute atomic E-state index is 12.2. The van der Waals surface area contributed by atoms with Gasteiger partial charge in [-0.2, -0.15) is 0 Å². The predicted octanol–water partition coefficient (Wildman–Crippen LogP) is 1.39. The van der Waals surface area contributed by atoms with E-state index >= 15 is 0 Å².